The van der Waals surface area contributed by atoms with Crippen molar-refractivity contribution in [3.05, 3.63) is 163 Å². The third-order valence-corrected chi connectivity index (χ3v) is 11.4. The highest BCUT2D eigenvalue weighted by atomic mass is 15.1. The molecule has 0 fully saturated rings. The predicted octanol–water partition coefficient (Wildman–Crippen LogP) is 9.99. The van der Waals surface area contributed by atoms with Crippen molar-refractivity contribution < 1.29 is 0 Å². The summed E-state index contributed by atoms with van der Waals surface area (Å²) < 4.78 is 2.56. The van der Waals surface area contributed by atoms with E-state index in [0.717, 1.165) is 0 Å². The first-order valence-corrected chi connectivity index (χ1v) is 17.0. The standard InChI is InChI=1S/C45H31BN2/c1-45(2)35-21-11-9-19-31(35)41-36(45)26-25-30-34-27-33(28-15-5-3-6-16-28)40-32-20-10-13-23-38(32)47-39-24-14-12-22-37(39)46(42(34)44(40)47)48(43(30)41)29-17-7-4-8-18-29/h3-27H,1-2H3. The average Bonchev–Trinajstić information content (AvgIpc) is 3.61. The first kappa shape index (κ1) is 26.3. The summed E-state index contributed by atoms with van der Waals surface area (Å²) in [7, 11) is 0. The van der Waals surface area contributed by atoms with Gasteiger partial charge >= 0.3 is 6.85 Å². The van der Waals surface area contributed by atoms with E-state index in [1.807, 2.05) is 0 Å². The predicted molar refractivity (Wildman–Crippen MR) is 203 cm³/mol. The topological polar surface area (TPSA) is 8.17 Å². The maximum absolute atomic E-state index is 2.68. The molecular weight excluding hydrogens is 579 g/mol. The summed E-state index contributed by atoms with van der Waals surface area (Å²) >= 11 is 0. The van der Waals surface area contributed by atoms with E-state index in [2.05, 4.69) is 175 Å². The number of rotatable bonds is 2. The maximum Gasteiger partial charge on any atom is 0.333 e. The highest BCUT2D eigenvalue weighted by Gasteiger charge is 2.47. The molecule has 0 saturated carbocycles. The van der Waals surface area contributed by atoms with Crippen molar-refractivity contribution >= 4 is 51.0 Å². The number of hydrogen-bond donors (Lipinski definition) is 0. The van der Waals surface area contributed by atoms with Crippen molar-refractivity contribution in [2.75, 3.05) is 4.81 Å². The average molecular weight is 611 g/mol. The normalized spacial score (nSPS) is 14.5. The van der Waals surface area contributed by atoms with Gasteiger partial charge < -0.3 is 9.38 Å². The molecule has 0 unspecified atom stereocenters. The van der Waals surface area contributed by atoms with Crippen molar-refractivity contribution in [1.82, 2.24) is 4.57 Å². The van der Waals surface area contributed by atoms with Crippen LogP contribution in [-0.2, 0) is 5.41 Å². The Morgan fingerprint density at radius 2 is 1.27 bits per heavy atom. The number of aromatic nitrogens is 1. The molecule has 3 heteroatoms. The molecule has 0 N–H and O–H groups in total. The Kier molecular flexibility index (Phi) is 5.03. The molecule has 1 aliphatic carbocycles. The summed E-state index contributed by atoms with van der Waals surface area (Å²) in [4.78, 5) is 2.68. The largest absolute Gasteiger partial charge is 0.376 e. The summed E-state index contributed by atoms with van der Waals surface area (Å²) in [6.07, 6.45) is 0. The van der Waals surface area contributed by atoms with Gasteiger partial charge in [-0.15, -0.1) is 0 Å². The van der Waals surface area contributed by atoms with Crippen LogP contribution < -0.4 is 15.7 Å². The smallest absolute Gasteiger partial charge is 0.333 e. The van der Waals surface area contributed by atoms with Crippen LogP contribution >= 0.6 is 0 Å². The number of hydrogen-bond acceptors (Lipinski definition) is 1. The lowest BCUT2D eigenvalue weighted by atomic mass is 9.43. The van der Waals surface area contributed by atoms with Crippen LogP contribution in [0.4, 0.5) is 11.4 Å². The van der Waals surface area contributed by atoms with E-state index in [-0.39, 0.29) is 12.3 Å². The van der Waals surface area contributed by atoms with Gasteiger partial charge in [0, 0.05) is 44.4 Å². The number of benzene rings is 7. The first-order chi connectivity index (χ1) is 23.6. The zero-order valence-corrected chi connectivity index (χ0v) is 26.9. The molecule has 0 radical (unpaired) electrons. The molecule has 3 aliphatic rings. The highest BCUT2D eigenvalue weighted by molar-refractivity contribution is 6.94. The molecule has 0 amide bonds. The fraction of sp³-hybridized carbons (Fsp3) is 0.0667. The van der Waals surface area contributed by atoms with Gasteiger partial charge in [-0.2, -0.15) is 0 Å². The fourth-order valence-electron chi connectivity index (χ4n) is 9.37. The second-order valence-electron chi connectivity index (χ2n) is 14.0. The summed E-state index contributed by atoms with van der Waals surface area (Å²) in [6, 6.07) is 56.6. The van der Waals surface area contributed by atoms with Crippen molar-refractivity contribution in [3.8, 4) is 39.1 Å². The second kappa shape index (κ2) is 9.17. The summed E-state index contributed by atoms with van der Waals surface area (Å²) in [5.41, 5.74) is 19.7. The van der Waals surface area contributed by atoms with E-state index in [9.17, 15) is 0 Å². The minimum absolute atomic E-state index is 0.00221. The van der Waals surface area contributed by atoms with Crippen molar-refractivity contribution in [2.24, 2.45) is 0 Å². The maximum atomic E-state index is 2.68. The van der Waals surface area contributed by atoms with Gasteiger partial charge in [0.15, 0.2) is 0 Å². The zero-order chi connectivity index (χ0) is 31.7. The fourth-order valence-corrected chi connectivity index (χ4v) is 9.37. The lowest BCUT2D eigenvalue weighted by Crippen LogP contribution is -2.60. The Balaban J connectivity index is 1.39. The van der Waals surface area contributed by atoms with Crippen LogP contribution in [0.2, 0.25) is 0 Å². The summed E-state index contributed by atoms with van der Waals surface area (Å²) in [6.45, 7) is 4.77. The molecule has 7 aromatic carbocycles. The van der Waals surface area contributed by atoms with Gasteiger partial charge in [-0.25, -0.2) is 0 Å². The molecule has 48 heavy (non-hydrogen) atoms. The molecule has 0 bridgehead atoms. The molecule has 8 aromatic rings. The molecule has 2 aliphatic heterocycles. The SMILES string of the molecule is CC1(C)c2ccccc2-c2c1ccc1c2N(c2ccccc2)B2c3ccccc3-n3c4ccccc4c4c(-c5ccccc5)cc-1c2c43. The molecule has 224 valence electrons. The van der Waals surface area contributed by atoms with Crippen molar-refractivity contribution in [3.63, 3.8) is 0 Å². The van der Waals surface area contributed by atoms with Gasteiger partial charge in [-0.1, -0.05) is 135 Å². The zero-order valence-electron chi connectivity index (χ0n) is 26.9. The van der Waals surface area contributed by atoms with E-state index in [1.165, 1.54) is 94.3 Å². The van der Waals surface area contributed by atoms with Crippen LogP contribution in [0.15, 0.2) is 152 Å². The molecule has 0 spiro atoms. The van der Waals surface area contributed by atoms with Crippen LogP contribution in [0, 0.1) is 0 Å². The van der Waals surface area contributed by atoms with Gasteiger partial charge in [0.2, 0.25) is 0 Å². The van der Waals surface area contributed by atoms with E-state index < -0.39 is 0 Å². The van der Waals surface area contributed by atoms with Gasteiger partial charge in [-0.3, -0.25) is 0 Å². The quantitative estimate of drug-likeness (QED) is 0.177. The van der Waals surface area contributed by atoms with Gasteiger partial charge in [-0.05, 0) is 74.6 Å². The number of fused-ring (bicyclic) bond motifs is 12. The molecule has 11 rings (SSSR count). The molecular formula is C45H31BN2. The Morgan fingerprint density at radius 1 is 0.562 bits per heavy atom. The van der Waals surface area contributed by atoms with Crippen molar-refractivity contribution in [2.45, 2.75) is 19.3 Å². The van der Waals surface area contributed by atoms with Crippen LogP contribution in [0.25, 0.3) is 60.9 Å². The van der Waals surface area contributed by atoms with Gasteiger partial charge in [0.05, 0.1) is 11.0 Å². The first-order valence-electron chi connectivity index (χ1n) is 17.0. The van der Waals surface area contributed by atoms with Gasteiger partial charge in [0.1, 0.15) is 0 Å². The monoisotopic (exact) mass is 610 g/mol. The van der Waals surface area contributed by atoms with E-state index in [0.29, 0.717) is 0 Å². The van der Waals surface area contributed by atoms with Crippen LogP contribution in [0.3, 0.4) is 0 Å². The van der Waals surface area contributed by atoms with Crippen LogP contribution in [0.5, 0.6) is 0 Å². The van der Waals surface area contributed by atoms with E-state index in [1.54, 1.807) is 0 Å². The molecule has 0 atom stereocenters. The Labute approximate surface area is 280 Å². The minimum Gasteiger partial charge on any atom is -0.376 e. The lowest BCUT2D eigenvalue weighted by Gasteiger charge is -2.43. The Morgan fingerprint density at radius 3 is 2.12 bits per heavy atom. The number of nitrogens with zero attached hydrogens (tertiary/aromatic N) is 2. The highest BCUT2D eigenvalue weighted by Crippen LogP contribution is 2.57. The Hall–Kier alpha value is -5.80. The third kappa shape index (κ3) is 3.14. The summed E-state index contributed by atoms with van der Waals surface area (Å²) in [5, 5.41) is 2.63. The molecule has 2 nitrogen and oxygen atoms in total. The molecule has 3 heterocycles. The number of anilines is 2. The number of para-hydroxylation sites is 3. The summed E-state index contributed by atoms with van der Waals surface area (Å²) in [5.74, 6) is 0. The van der Waals surface area contributed by atoms with E-state index in [4.69, 9.17) is 0 Å². The second-order valence-corrected chi connectivity index (χ2v) is 14.0. The van der Waals surface area contributed by atoms with Crippen LogP contribution in [-0.4, -0.2) is 11.4 Å². The van der Waals surface area contributed by atoms with Crippen molar-refractivity contribution in [1.29, 1.82) is 0 Å². The van der Waals surface area contributed by atoms with Crippen LogP contribution in [0.1, 0.15) is 25.0 Å². The minimum atomic E-state index is -0.0976. The van der Waals surface area contributed by atoms with Gasteiger partial charge in [0.25, 0.3) is 0 Å². The third-order valence-electron chi connectivity index (χ3n) is 11.4. The molecule has 1 aromatic heterocycles. The van der Waals surface area contributed by atoms with E-state index >= 15 is 0 Å². The Bertz CT molecular complexity index is 2650. The lowest BCUT2D eigenvalue weighted by molar-refractivity contribution is 0.660. The molecule has 0 saturated heterocycles.